The minimum absolute atomic E-state index is 0.629. The summed E-state index contributed by atoms with van der Waals surface area (Å²) in [5.41, 5.74) is 4.65. The number of halogens is 1. The Labute approximate surface area is 136 Å². The van der Waals surface area contributed by atoms with Crippen LogP contribution in [0.4, 0.5) is 0 Å². The smallest absolute Gasteiger partial charge is 0.227 e. The van der Waals surface area contributed by atoms with E-state index >= 15 is 0 Å². The second-order valence-corrected chi connectivity index (χ2v) is 5.97. The second kappa shape index (κ2) is 4.61. The molecule has 0 spiro atoms. The molecule has 0 amide bonds. The van der Waals surface area contributed by atoms with Crippen molar-refractivity contribution in [3.05, 3.63) is 65.7 Å². The predicted molar refractivity (Wildman–Crippen MR) is 93.8 cm³/mol. The van der Waals surface area contributed by atoms with Crippen molar-refractivity contribution in [2.24, 2.45) is 0 Å². The number of hydrogen-bond donors (Lipinski definition) is 1. The average Bonchev–Trinajstić information content (AvgIpc) is 3.16. The molecule has 0 radical (unpaired) electrons. The van der Waals surface area contributed by atoms with Gasteiger partial charge < -0.3 is 9.40 Å². The van der Waals surface area contributed by atoms with Gasteiger partial charge in [0.15, 0.2) is 5.58 Å². The van der Waals surface area contributed by atoms with E-state index < -0.39 is 0 Å². The summed E-state index contributed by atoms with van der Waals surface area (Å²) in [6, 6.07) is 19.8. The molecule has 0 aliphatic rings. The molecule has 2 aromatic heterocycles. The fourth-order valence-electron chi connectivity index (χ4n) is 3.05. The number of hydrogen-bond acceptors (Lipinski definition) is 2. The standard InChI is InChI=1S/C19H11ClN2O/c20-12-6-7-14-13(10-12)17-15(21-14)8-9-16-18(17)23-19(22-16)11-4-2-1-3-5-11/h1-10,21H. The number of oxazole rings is 1. The van der Waals surface area contributed by atoms with Crippen molar-refractivity contribution in [1.29, 1.82) is 0 Å². The van der Waals surface area contributed by atoms with Crippen molar-refractivity contribution >= 4 is 44.5 Å². The van der Waals surface area contributed by atoms with Crippen LogP contribution in [0.1, 0.15) is 0 Å². The SMILES string of the molecule is Clc1ccc2[nH]c3ccc4nc(-c5ccccc5)oc4c3c2c1. The predicted octanol–water partition coefficient (Wildman–Crippen LogP) is 5.78. The largest absolute Gasteiger partial charge is 0.435 e. The van der Waals surface area contributed by atoms with Gasteiger partial charge in [-0.15, -0.1) is 0 Å². The summed E-state index contributed by atoms with van der Waals surface area (Å²) in [6.07, 6.45) is 0. The number of aromatic nitrogens is 2. The van der Waals surface area contributed by atoms with Crippen molar-refractivity contribution in [1.82, 2.24) is 9.97 Å². The highest BCUT2D eigenvalue weighted by atomic mass is 35.5. The third-order valence-corrected chi connectivity index (χ3v) is 4.33. The van der Waals surface area contributed by atoms with E-state index in [1.54, 1.807) is 0 Å². The van der Waals surface area contributed by atoms with Crippen molar-refractivity contribution < 1.29 is 4.42 Å². The lowest BCUT2D eigenvalue weighted by Gasteiger charge is -1.94. The zero-order chi connectivity index (χ0) is 15.4. The minimum atomic E-state index is 0.629. The Balaban J connectivity index is 1.90. The van der Waals surface area contributed by atoms with Gasteiger partial charge in [-0.2, -0.15) is 0 Å². The van der Waals surface area contributed by atoms with E-state index in [0.717, 1.165) is 38.5 Å². The van der Waals surface area contributed by atoms with Crippen molar-refractivity contribution in [3.8, 4) is 11.5 Å². The maximum absolute atomic E-state index is 6.17. The van der Waals surface area contributed by atoms with Gasteiger partial charge in [0.05, 0.1) is 10.9 Å². The lowest BCUT2D eigenvalue weighted by molar-refractivity contribution is 0.623. The van der Waals surface area contributed by atoms with Gasteiger partial charge in [-0.1, -0.05) is 29.8 Å². The first-order valence-corrected chi connectivity index (χ1v) is 7.73. The highest BCUT2D eigenvalue weighted by Crippen LogP contribution is 2.35. The van der Waals surface area contributed by atoms with Crippen LogP contribution in [0, 0.1) is 0 Å². The molecule has 0 unspecified atom stereocenters. The third-order valence-electron chi connectivity index (χ3n) is 4.10. The van der Waals surface area contributed by atoms with Crippen molar-refractivity contribution in [2.75, 3.05) is 0 Å². The fourth-order valence-corrected chi connectivity index (χ4v) is 3.22. The maximum Gasteiger partial charge on any atom is 0.227 e. The van der Waals surface area contributed by atoms with E-state index in [0.29, 0.717) is 10.9 Å². The quantitative estimate of drug-likeness (QED) is 0.425. The molecule has 3 aromatic carbocycles. The van der Waals surface area contributed by atoms with E-state index in [1.807, 2.05) is 60.7 Å². The van der Waals surface area contributed by atoms with Gasteiger partial charge in [-0.25, -0.2) is 4.98 Å². The van der Waals surface area contributed by atoms with E-state index in [2.05, 4.69) is 9.97 Å². The lowest BCUT2D eigenvalue weighted by Crippen LogP contribution is -1.74. The summed E-state index contributed by atoms with van der Waals surface area (Å²) in [5, 5.41) is 2.78. The molecular weight excluding hydrogens is 308 g/mol. The topological polar surface area (TPSA) is 41.8 Å². The fraction of sp³-hybridized carbons (Fsp3) is 0. The zero-order valence-electron chi connectivity index (χ0n) is 12.0. The first-order valence-electron chi connectivity index (χ1n) is 7.35. The van der Waals surface area contributed by atoms with Crippen LogP contribution in [0.2, 0.25) is 5.02 Å². The number of nitrogens with one attached hydrogen (secondary N) is 1. The van der Waals surface area contributed by atoms with Gasteiger partial charge in [0.2, 0.25) is 5.89 Å². The summed E-state index contributed by atoms with van der Waals surface area (Å²) in [6.45, 7) is 0. The molecule has 0 atom stereocenters. The average molecular weight is 319 g/mol. The Morgan fingerprint density at radius 2 is 1.74 bits per heavy atom. The molecule has 4 heteroatoms. The van der Waals surface area contributed by atoms with Crippen LogP contribution in [0.5, 0.6) is 0 Å². The van der Waals surface area contributed by atoms with Crippen molar-refractivity contribution in [2.45, 2.75) is 0 Å². The highest BCUT2D eigenvalue weighted by molar-refractivity contribution is 6.32. The maximum atomic E-state index is 6.17. The molecule has 110 valence electrons. The molecule has 0 aliphatic carbocycles. The monoisotopic (exact) mass is 318 g/mol. The first-order chi connectivity index (χ1) is 11.3. The zero-order valence-corrected chi connectivity index (χ0v) is 12.8. The Bertz CT molecular complexity index is 1170. The van der Waals surface area contributed by atoms with Gasteiger partial charge >= 0.3 is 0 Å². The molecule has 23 heavy (non-hydrogen) atoms. The summed E-state index contributed by atoms with van der Waals surface area (Å²) in [4.78, 5) is 8.03. The summed E-state index contributed by atoms with van der Waals surface area (Å²) < 4.78 is 6.10. The number of H-pyrrole nitrogens is 1. The number of aromatic amines is 1. The summed E-state index contributed by atoms with van der Waals surface area (Å²) in [5.74, 6) is 0.629. The van der Waals surface area contributed by atoms with Gasteiger partial charge in [0, 0.05) is 21.5 Å². The lowest BCUT2D eigenvalue weighted by atomic mass is 10.1. The molecular formula is C19H11ClN2O. The molecule has 2 heterocycles. The normalized spacial score (nSPS) is 11.7. The Kier molecular flexibility index (Phi) is 2.55. The molecule has 0 fully saturated rings. The molecule has 1 N–H and O–H groups in total. The summed E-state index contributed by atoms with van der Waals surface area (Å²) >= 11 is 6.17. The van der Waals surface area contributed by atoms with Gasteiger partial charge in [0.25, 0.3) is 0 Å². The van der Waals surface area contributed by atoms with Crippen LogP contribution >= 0.6 is 11.6 Å². The van der Waals surface area contributed by atoms with Gasteiger partial charge in [-0.05, 0) is 42.5 Å². The molecule has 0 saturated carbocycles. The Hall–Kier alpha value is -2.78. The van der Waals surface area contributed by atoms with Crippen LogP contribution in [-0.4, -0.2) is 9.97 Å². The molecule has 5 rings (SSSR count). The van der Waals surface area contributed by atoms with E-state index in [-0.39, 0.29) is 0 Å². The minimum Gasteiger partial charge on any atom is -0.435 e. The number of fused-ring (bicyclic) bond motifs is 5. The van der Waals surface area contributed by atoms with E-state index in [4.69, 9.17) is 16.0 Å². The molecule has 0 bridgehead atoms. The number of benzene rings is 3. The molecule has 0 saturated heterocycles. The second-order valence-electron chi connectivity index (χ2n) is 5.54. The van der Waals surface area contributed by atoms with Crippen molar-refractivity contribution in [3.63, 3.8) is 0 Å². The number of nitrogens with zero attached hydrogens (tertiary/aromatic N) is 1. The summed E-state index contributed by atoms with van der Waals surface area (Å²) in [7, 11) is 0. The highest BCUT2D eigenvalue weighted by Gasteiger charge is 2.14. The van der Waals surface area contributed by atoms with Crippen LogP contribution in [0.25, 0.3) is 44.4 Å². The van der Waals surface area contributed by atoms with Gasteiger partial charge in [0.1, 0.15) is 5.52 Å². The van der Waals surface area contributed by atoms with Crippen LogP contribution in [-0.2, 0) is 0 Å². The van der Waals surface area contributed by atoms with Crippen LogP contribution in [0.3, 0.4) is 0 Å². The molecule has 5 aromatic rings. The van der Waals surface area contributed by atoms with Crippen LogP contribution < -0.4 is 0 Å². The van der Waals surface area contributed by atoms with Crippen LogP contribution in [0.15, 0.2) is 65.1 Å². The first kappa shape index (κ1) is 12.7. The van der Waals surface area contributed by atoms with E-state index in [1.165, 1.54) is 0 Å². The molecule has 0 aliphatic heterocycles. The Morgan fingerprint density at radius 3 is 2.61 bits per heavy atom. The third kappa shape index (κ3) is 1.87. The molecule has 3 nitrogen and oxygen atoms in total. The number of rotatable bonds is 1. The van der Waals surface area contributed by atoms with Gasteiger partial charge in [-0.3, -0.25) is 0 Å². The van der Waals surface area contributed by atoms with E-state index in [9.17, 15) is 0 Å². The Morgan fingerprint density at radius 1 is 0.913 bits per heavy atom.